The van der Waals surface area contributed by atoms with Crippen LogP contribution in [0.2, 0.25) is 0 Å². The topological polar surface area (TPSA) is 90.3 Å². The second-order valence-corrected chi connectivity index (χ2v) is 7.24. The number of sulfonamides is 1. The van der Waals surface area contributed by atoms with E-state index in [2.05, 4.69) is 9.71 Å². The fourth-order valence-electron chi connectivity index (χ4n) is 2.80. The van der Waals surface area contributed by atoms with Crippen LogP contribution in [0.15, 0.2) is 35.5 Å². The molecule has 1 aromatic heterocycles. The average Bonchev–Trinajstić information content (AvgIpc) is 2.95. The summed E-state index contributed by atoms with van der Waals surface area (Å²) in [5.41, 5.74) is 0.701. The van der Waals surface area contributed by atoms with Gasteiger partial charge in [0.05, 0.1) is 12.5 Å². The Bertz CT molecular complexity index is 873. The average molecular weight is 349 g/mol. The Morgan fingerprint density at radius 3 is 2.88 bits per heavy atom. The van der Waals surface area contributed by atoms with Gasteiger partial charge in [-0.25, -0.2) is 9.71 Å². The lowest BCUT2D eigenvalue weighted by molar-refractivity contribution is -0.121. The van der Waals surface area contributed by atoms with Gasteiger partial charge >= 0.3 is 0 Å². The van der Waals surface area contributed by atoms with Crippen molar-refractivity contribution >= 4 is 15.9 Å². The summed E-state index contributed by atoms with van der Waals surface area (Å²) in [5.74, 6) is 0.0858. The Morgan fingerprint density at radius 2 is 2.17 bits per heavy atom. The Balaban J connectivity index is 1.84. The molecule has 1 aromatic carbocycles. The number of nitrogens with zero attached hydrogens (tertiary/aromatic N) is 2. The molecule has 1 amide bonds. The van der Waals surface area contributed by atoms with E-state index in [0.29, 0.717) is 36.7 Å². The van der Waals surface area contributed by atoms with E-state index in [1.807, 2.05) is 13.0 Å². The molecule has 2 heterocycles. The van der Waals surface area contributed by atoms with E-state index in [9.17, 15) is 13.2 Å². The maximum absolute atomic E-state index is 12.5. The number of para-hydroxylation sites is 1. The number of aryl methyl sites for hydroxylation is 2. The summed E-state index contributed by atoms with van der Waals surface area (Å²) in [6.07, 6.45) is 1.86. The molecular weight excluding hydrogens is 330 g/mol. The zero-order valence-electron chi connectivity index (χ0n) is 13.5. The highest BCUT2D eigenvalue weighted by Crippen LogP contribution is 2.33. The molecule has 1 aliphatic rings. The summed E-state index contributed by atoms with van der Waals surface area (Å²) in [4.78, 5) is 16.6. The molecule has 1 N–H and O–H groups in total. The van der Waals surface area contributed by atoms with Gasteiger partial charge in [0.1, 0.15) is 11.6 Å². The molecule has 0 aliphatic carbocycles. The number of nitrogens with one attached hydrogen (secondary N) is 1. The number of carbonyl (C=O) groups excluding carboxylic acids is 1. The lowest BCUT2D eigenvalue weighted by Crippen LogP contribution is -2.36. The number of benzene rings is 1. The molecule has 8 heteroatoms. The normalized spacial score (nSPS) is 17.0. The number of hydrogen-bond donors (Lipinski definition) is 1. The van der Waals surface area contributed by atoms with E-state index in [4.69, 9.17) is 4.74 Å². The Hall–Kier alpha value is -2.35. The highest BCUT2D eigenvalue weighted by molar-refractivity contribution is 7.90. The summed E-state index contributed by atoms with van der Waals surface area (Å²) in [6.45, 7) is 4.59. The quantitative estimate of drug-likeness (QED) is 0.905. The highest BCUT2D eigenvalue weighted by atomic mass is 32.2. The maximum atomic E-state index is 12.5. The van der Waals surface area contributed by atoms with Crippen LogP contribution < -0.4 is 9.46 Å². The first-order valence-corrected chi connectivity index (χ1v) is 9.23. The number of fused-ring (bicyclic) bond motifs is 1. The smallest absolute Gasteiger partial charge is 0.283 e. The van der Waals surface area contributed by atoms with Gasteiger partial charge in [-0.1, -0.05) is 18.2 Å². The first-order valence-electron chi connectivity index (χ1n) is 7.74. The van der Waals surface area contributed by atoms with Crippen LogP contribution in [0, 0.1) is 6.92 Å². The van der Waals surface area contributed by atoms with Crippen molar-refractivity contribution in [3.05, 3.63) is 41.9 Å². The summed E-state index contributed by atoms with van der Waals surface area (Å²) in [5, 5.41) is -0.143. The van der Waals surface area contributed by atoms with Gasteiger partial charge < -0.3 is 9.30 Å². The van der Waals surface area contributed by atoms with Crippen molar-refractivity contribution in [2.75, 3.05) is 6.61 Å². The van der Waals surface area contributed by atoms with Crippen molar-refractivity contribution in [3.8, 4) is 5.75 Å². The van der Waals surface area contributed by atoms with Crippen molar-refractivity contribution in [2.24, 2.45) is 0 Å². The minimum absolute atomic E-state index is 0.143. The SMILES string of the molecule is CCn1cc(S(=O)(=O)NC(=O)C2CCOc3ccccc32)nc1C. The Morgan fingerprint density at radius 1 is 1.42 bits per heavy atom. The lowest BCUT2D eigenvalue weighted by Gasteiger charge is -2.24. The van der Waals surface area contributed by atoms with E-state index in [0.717, 1.165) is 0 Å². The van der Waals surface area contributed by atoms with E-state index in [1.165, 1.54) is 6.20 Å². The fourth-order valence-corrected chi connectivity index (χ4v) is 3.83. The number of imidazole rings is 1. The summed E-state index contributed by atoms with van der Waals surface area (Å²) in [7, 11) is -4.00. The van der Waals surface area contributed by atoms with Crippen LogP contribution in [0.25, 0.3) is 0 Å². The molecular formula is C16H19N3O4S. The molecule has 1 unspecified atom stereocenters. The molecule has 2 aromatic rings. The van der Waals surface area contributed by atoms with Gasteiger partial charge in [-0.05, 0) is 26.3 Å². The van der Waals surface area contributed by atoms with Crippen molar-refractivity contribution in [1.29, 1.82) is 0 Å². The first-order chi connectivity index (χ1) is 11.4. The van der Waals surface area contributed by atoms with Crippen LogP contribution >= 0.6 is 0 Å². The molecule has 0 spiro atoms. The largest absolute Gasteiger partial charge is 0.493 e. The van der Waals surface area contributed by atoms with Crippen molar-refractivity contribution < 1.29 is 17.9 Å². The molecule has 0 saturated heterocycles. The number of hydrogen-bond acceptors (Lipinski definition) is 5. The molecule has 0 fully saturated rings. The zero-order chi connectivity index (χ0) is 17.3. The maximum Gasteiger partial charge on any atom is 0.283 e. The molecule has 24 heavy (non-hydrogen) atoms. The third-order valence-electron chi connectivity index (χ3n) is 4.08. The second kappa shape index (κ2) is 6.27. The van der Waals surface area contributed by atoms with Crippen LogP contribution in [0.1, 0.15) is 30.7 Å². The van der Waals surface area contributed by atoms with Gasteiger partial charge in [0.2, 0.25) is 5.91 Å². The van der Waals surface area contributed by atoms with E-state index >= 15 is 0 Å². The Kier molecular flexibility index (Phi) is 4.31. The number of rotatable bonds is 4. The fraction of sp³-hybridized carbons (Fsp3) is 0.375. The zero-order valence-corrected chi connectivity index (χ0v) is 14.3. The van der Waals surface area contributed by atoms with Crippen LogP contribution in [0.4, 0.5) is 0 Å². The van der Waals surface area contributed by atoms with Gasteiger partial charge in [0.15, 0.2) is 5.03 Å². The minimum atomic E-state index is -4.00. The molecule has 0 bridgehead atoms. The third kappa shape index (κ3) is 3.01. The Labute approximate surface area is 140 Å². The standard InChI is InChI=1S/C16H19N3O4S/c1-3-19-10-15(17-11(19)2)24(21,22)18-16(20)13-8-9-23-14-7-5-4-6-12(13)14/h4-7,10,13H,3,8-9H2,1-2H3,(H,18,20). The molecule has 0 radical (unpaired) electrons. The van der Waals surface area contributed by atoms with Crippen molar-refractivity contribution in [3.63, 3.8) is 0 Å². The predicted octanol–water partition coefficient (Wildman–Crippen LogP) is 1.58. The second-order valence-electron chi connectivity index (χ2n) is 5.61. The number of ether oxygens (including phenoxy) is 1. The van der Waals surface area contributed by atoms with Crippen LogP contribution in [0.5, 0.6) is 5.75 Å². The number of amides is 1. The van der Waals surface area contributed by atoms with Crippen molar-refractivity contribution in [1.82, 2.24) is 14.3 Å². The molecule has 128 valence electrons. The van der Waals surface area contributed by atoms with Gasteiger partial charge in [-0.3, -0.25) is 4.79 Å². The molecule has 7 nitrogen and oxygen atoms in total. The van der Waals surface area contributed by atoms with Crippen LogP contribution in [-0.4, -0.2) is 30.5 Å². The van der Waals surface area contributed by atoms with Gasteiger partial charge in [0, 0.05) is 18.3 Å². The summed E-state index contributed by atoms with van der Waals surface area (Å²) >= 11 is 0. The molecule has 3 rings (SSSR count). The van der Waals surface area contributed by atoms with Gasteiger partial charge in [0.25, 0.3) is 10.0 Å². The van der Waals surface area contributed by atoms with Crippen molar-refractivity contribution in [2.45, 2.75) is 37.8 Å². The van der Waals surface area contributed by atoms with Gasteiger partial charge in [-0.15, -0.1) is 0 Å². The summed E-state index contributed by atoms with van der Waals surface area (Å²) in [6, 6.07) is 7.17. The first kappa shape index (κ1) is 16.5. The van der Waals surface area contributed by atoms with E-state index < -0.39 is 21.8 Å². The van der Waals surface area contributed by atoms with E-state index in [-0.39, 0.29) is 5.03 Å². The molecule has 1 aliphatic heterocycles. The molecule has 0 saturated carbocycles. The number of aromatic nitrogens is 2. The minimum Gasteiger partial charge on any atom is -0.493 e. The number of carbonyl (C=O) groups is 1. The monoisotopic (exact) mass is 349 g/mol. The molecule has 1 atom stereocenters. The highest BCUT2D eigenvalue weighted by Gasteiger charge is 2.31. The third-order valence-corrected chi connectivity index (χ3v) is 5.30. The van der Waals surface area contributed by atoms with E-state index in [1.54, 1.807) is 29.7 Å². The van der Waals surface area contributed by atoms with Gasteiger partial charge in [-0.2, -0.15) is 8.42 Å². The van der Waals surface area contributed by atoms with Crippen LogP contribution in [0.3, 0.4) is 0 Å². The lowest BCUT2D eigenvalue weighted by atomic mass is 9.93. The summed E-state index contributed by atoms with van der Waals surface area (Å²) < 4.78 is 34.2. The van der Waals surface area contributed by atoms with Crippen LogP contribution in [-0.2, 0) is 21.4 Å². The predicted molar refractivity (Wildman–Crippen MR) is 87.3 cm³/mol.